The number of pyridine rings is 1. The Labute approximate surface area is 193 Å². The van der Waals surface area contributed by atoms with E-state index in [-0.39, 0.29) is 23.6 Å². The van der Waals surface area contributed by atoms with Crippen LogP contribution >= 0.6 is 0 Å². The van der Waals surface area contributed by atoms with Crippen LogP contribution in [0.2, 0.25) is 0 Å². The molecule has 7 nitrogen and oxygen atoms in total. The number of carbonyl (C=O) groups is 3. The number of carbonyl (C=O) groups excluding carboxylic acids is 3. The van der Waals surface area contributed by atoms with Crippen molar-refractivity contribution in [2.24, 2.45) is 5.92 Å². The monoisotopic (exact) mass is 444 g/mol. The van der Waals surface area contributed by atoms with E-state index in [9.17, 15) is 14.4 Å². The van der Waals surface area contributed by atoms with Crippen LogP contribution in [-0.4, -0.2) is 22.7 Å². The van der Waals surface area contributed by atoms with Gasteiger partial charge >= 0.3 is 0 Å². The van der Waals surface area contributed by atoms with Crippen LogP contribution in [0.25, 0.3) is 0 Å². The molecule has 3 amide bonds. The molecule has 0 bridgehead atoms. The minimum atomic E-state index is -0.848. The van der Waals surface area contributed by atoms with Gasteiger partial charge in [0.1, 0.15) is 6.04 Å². The molecule has 1 aromatic heterocycles. The van der Waals surface area contributed by atoms with Crippen molar-refractivity contribution in [2.45, 2.75) is 32.9 Å². The van der Waals surface area contributed by atoms with Gasteiger partial charge in [-0.3, -0.25) is 19.4 Å². The van der Waals surface area contributed by atoms with E-state index in [1.807, 2.05) is 50.2 Å². The van der Waals surface area contributed by atoms with Gasteiger partial charge < -0.3 is 16.0 Å². The van der Waals surface area contributed by atoms with E-state index in [0.29, 0.717) is 29.8 Å². The molecule has 0 aliphatic heterocycles. The second-order valence-electron chi connectivity index (χ2n) is 8.08. The van der Waals surface area contributed by atoms with Crippen LogP contribution in [0.4, 0.5) is 5.69 Å². The quantitative estimate of drug-likeness (QED) is 0.467. The Kier molecular flexibility index (Phi) is 8.30. The van der Waals surface area contributed by atoms with Gasteiger partial charge in [0.15, 0.2) is 0 Å². The van der Waals surface area contributed by atoms with E-state index in [4.69, 9.17) is 0 Å². The Hall–Kier alpha value is -4.00. The molecule has 0 saturated heterocycles. The number of hydrogen-bond donors (Lipinski definition) is 3. The number of anilines is 1. The van der Waals surface area contributed by atoms with Gasteiger partial charge in [-0.2, -0.15) is 0 Å². The second-order valence-corrected chi connectivity index (χ2v) is 8.08. The van der Waals surface area contributed by atoms with Gasteiger partial charge in [-0.05, 0) is 41.8 Å². The Morgan fingerprint density at radius 1 is 0.909 bits per heavy atom. The van der Waals surface area contributed by atoms with Crippen molar-refractivity contribution < 1.29 is 14.4 Å². The number of nitrogens with one attached hydrogen (secondary N) is 3. The summed E-state index contributed by atoms with van der Waals surface area (Å²) in [6, 6.07) is 20.4. The third-order valence-corrected chi connectivity index (χ3v) is 4.84. The zero-order valence-corrected chi connectivity index (χ0v) is 18.7. The van der Waals surface area contributed by atoms with E-state index >= 15 is 0 Å². The summed E-state index contributed by atoms with van der Waals surface area (Å²) >= 11 is 0. The summed E-state index contributed by atoms with van der Waals surface area (Å²) in [5.74, 6) is -0.687. The van der Waals surface area contributed by atoms with E-state index in [1.54, 1.807) is 42.6 Å². The van der Waals surface area contributed by atoms with Gasteiger partial charge in [0.05, 0.1) is 12.2 Å². The van der Waals surface area contributed by atoms with E-state index in [0.717, 1.165) is 5.69 Å². The van der Waals surface area contributed by atoms with Crippen molar-refractivity contribution in [3.05, 3.63) is 95.8 Å². The highest BCUT2D eigenvalue weighted by Crippen LogP contribution is 2.18. The zero-order valence-electron chi connectivity index (χ0n) is 18.7. The first-order valence-electron chi connectivity index (χ1n) is 10.9. The van der Waals surface area contributed by atoms with E-state index in [1.165, 1.54) is 0 Å². The number of benzene rings is 2. The molecule has 0 aliphatic carbocycles. The first-order chi connectivity index (χ1) is 15.9. The minimum Gasteiger partial charge on any atom is -0.346 e. The fourth-order valence-corrected chi connectivity index (χ4v) is 3.26. The summed E-state index contributed by atoms with van der Waals surface area (Å²) < 4.78 is 0. The summed E-state index contributed by atoms with van der Waals surface area (Å²) in [6.07, 6.45) is 1.99. The standard InChI is InChI=1S/C26H28N4O3/c1-18(2)15-23(31)30-24(19-9-4-3-5-10-19)26(33)29-21-13-8-11-20(16-21)25(32)28-17-22-12-6-7-14-27-22/h3-14,16,18,24H,15,17H2,1-2H3,(H,28,32)(H,29,33)(H,30,31). The molecule has 0 aliphatic rings. The van der Waals surface area contributed by atoms with Crippen molar-refractivity contribution >= 4 is 23.4 Å². The van der Waals surface area contributed by atoms with Gasteiger partial charge in [0.25, 0.3) is 11.8 Å². The van der Waals surface area contributed by atoms with Crippen LogP contribution in [0.3, 0.4) is 0 Å². The lowest BCUT2D eigenvalue weighted by atomic mass is 10.0. The van der Waals surface area contributed by atoms with Crippen LogP contribution in [0, 0.1) is 5.92 Å². The van der Waals surface area contributed by atoms with Crippen molar-refractivity contribution in [2.75, 3.05) is 5.32 Å². The van der Waals surface area contributed by atoms with Crippen LogP contribution in [0.15, 0.2) is 79.0 Å². The van der Waals surface area contributed by atoms with E-state index < -0.39 is 6.04 Å². The Morgan fingerprint density at radius 2 is 1.67 bits per heavy atom. The predicted octanol–water partition coefficient (Wildman–Crippen LogP) is 3.85. The number of aromatic nitrogens is 1. The number of amides is 3. The van der Waals surface area contributed by atoms with Crippen LogP contribution in [0.1, 0.15) is 47.9 Å². The normalized spacial score (nSPS) is 11.5. The van der Waals surface area contributed by atoms with Crippen molar-refractivity contribution in [1.29, 1.82) is 0 Å². The third-order valence-electron chi connectivity index (χ3n) is 4.84. The lowest BCUT2D eigenvalue weighted by molar-refractivity contribution is -0.127. The Balaban J connectivity index is 1.70. The van der Waals surface area contributed by atoms with Gasteiger partial charge in [0.2, 0.25) is 5.91 Å². The molecule has 1 unspecified atom stereocenters. The highest BCUT2D eigenvalue weighted by Gasteiger charge is 2.23. The Bertz CT molecular complexity index is 1080. The lowest BCUT2D eigenvalue weighted by Gasteiger charge is -2.20. The molecule has 33 heavy (non-hydrogen) atoms. The first-order valence-corrected chi connectivity index (χ1v) is 10.9. The molecule has 170 valence electrons. The van der Waals surface area contributed by atoms with Gasteiger partial charge in [0, 0.05) is 23.9 Å². The predicted molar refractivity (Wildman–Crippen MR) is 127 cm³/mol. The Morgan fingerprint density at radius 3 is 2.36 bits per heavy atom. The molecule has 1 atom stereocenters. The number of rotatable bonds is 9. The van der Waals surface area contributed by atoms with Crippen molar-refractivity contribution in [3.8, 4) is 0 Å². The molecule has 2 aromatic carbocycles. The molecular formula is C26H28N4O3. The van der Waals surface area contributed by atoms with Crippen molar-refractivity contribution in [3.63, 3.8) is 0 Å². The third kappa shape index (κ3) is 7.28. The molecule has 3 aromatic rings. The summed E-state index contributed by atoms with van der Waals surface area (Å²) in [5, 5.41) is 8.46. The second kappa shape index (κ2) is 11.6. The largest absolute Gasteiger partial charge is 0.346 e. The summed E-state index contributed by atoms with van der Waals surface area (Å²) in [4.78, 5) is 42.2. The molecule has 0 saturated carbocycles. The average molecular weight is 445 g/mol. The molecule has 0 fully saturated rings. The number of nitrogens with zero attached hydrogens (tertiary/aromatic N) is 1. The van der Waals surface area contributed by atoms with Crippen molar-refractivity contribution in [1.82, 2.24) is 15.6 Å². The number of hydrogen-bond acceptors (Lipinski definition) is 4. The molecule has 7 heteroatoms. The van der Waals surface area contributed by atoms with E-state index in [2.05, 4.69) is 20.9 Å². The smallest absolute Gasteiger partial charge is 0.251 e. The fraction of sp³-hybridized carbons (Fsp3) is 0.231. The molecule has 1 heterocycles. The van der Waals surface area contributed by atoms with Crippen LogP contribution < -0.4 is 16.0 Å². The zero-order chi connectivity index (χ0) is 23.6. The first kappa shape index (κ1) is 23.7. The molecular weight excluding hydrogens is 416 g/mol. The van der Waals surface area contributed by atoms with Crippen LogP contribution in [-0.2, 0) is 16.1 Å². The summed E-state index contributed by atoms with van der Waals surface area (Å²) in [7, 11) is 0. The summed E-state index contributed by atoms with van der Waals surface area (Å²) in [5.41, 5.74) is 2.29. The minimum absolute atomic E-state index is 0.172. The summed E-state index contributed by atoms with van der Waals surface area (Å²) in [6.45, 7) is 4.19. The molecule has 0 spiro atoms. The molecule has 3 rings (SSSR count). The maximum absolute atomic E-state index is 13.1. The SMILES string of the molecule is CC(C)CC(=O)NC(C(=O)Nc1cccc(C(=O)NCc2ccccn2)c1)c1ccccc1. The maximum Gasteiger partial charge on any atom is 0.251 e. The maximum atomic E-state index is 13.1. The van der Waals surface area contributed by atoms with Gasteiger partial charge in [-0.25, -0.2) is 0 Å². The fourth-order valence-electron chi connectivity index (χ4n) is 3.26. The van der Waals surface area contributed by atoms with Gasteiger partial charge in [-0.15, -0.1) is 0 Å². The highest BCUT2D eigenvalue weighted by atomic mass is 16.2. The average Bonchev–Trinajstić information content (AvgIpc) is 2.82. The molecule has 0 radical (unpaired) electrons. The molecule has 3 N–H and O–H groups in total. The topological polar surface area (TPSA) is 100 Å². The van der Waals surface area contributed by atoms with Crippen LogP contribution in [0.5, 0.6) is 0 Å². The van der Waals surface area contributed by atoms with Gasteiger partial charge in [-0.1, -0.05) is 56.3 Å². The highest BCUT2D eigenvalue weighted by molar-refractivity contribution is 6.00. The lowest BCUT2D eigenvalue weighted by Crippen LogP contribution is -2.37.